The molecular formula is C18H25IN6S2. The van der Waals surface area contributed by atoms with Crippen LogP contribution in [0.5, 0.6) is 0 Å². The average Bonchev–Trinajstić information content (AvgIpc) is 3.35. The van der Waals surface area contributed by atoms with Crippen LogP contribution in [0.2, 0.25) is 0 Å². The Balaban J connectivity index is 0.00000261. The standard InChI is InChI=1S/C18H24N6S2.HI/c1-13-7-10-26-16(13)11-20-18(19-8-6-15-5-4-9-25-15)21-12-17-23-22-14(2)24(17)3;/h4-5,7,9-10H,6,8,11-12H2,1-3H3,(H2,19,20,21);1H. The normalized spacial score (nSPS) is 11.3. The van der Waals surface area contributed by atoms with Crippen LogP contribution < -0.4 is 10.6 Å². The van der Waals surface area contributed by atoms with Gasteiger partial charge in [-0.25, -0.2) is 4.99 Å². The molecule has 0 radical (unpaired) electrons. The van der Waals surface area contributed by atoms with Crippen molar-refractivity contribution in [2.24, 2.45) is 12.0 Å². The van der Waals surface area contributed by atoms with Crippen LogP contribution in [0.3, 0.4) is 0 Å². The van der Waals surface area contributed by atoms with Gasteiger partial charge in [0.25, 0.3) is 0 Å². The highest BCUT2D eigenvalue weighted by Gasteiger charge is 2.06. The predicted molar refractivity (Wildman–Crippen MR) is 124 cm³/mol. The number of aliphatic imine (C=N–C) groups is 1. The summed E-state index contributed by atoms with van der Waals surface area (Å²) in [5, 5.41) is 19.4. The second kappa shape index (κ2) is 10.8. The molecule has 0 amide bonds. The summed E-state index contributed by atoms with van der Waals surface area (Å²) in [6.07, 6.45) is 0.986. The van der Waals surface area contributed by atoms with Gasteiger partial charge in [-0.2, -0.15) is 0 Å². The summed E-state index contributed by atoms with van der Waals surface area (Å²) in [6, 6.07) is 6.39. The van der Waals surface area contributed by atoms with Crippen LogP contribution in [0.25, 0.3) is 0 Å². The molecule has 2 N–H and O–H groups in total. The third kappa shape index (κ3) is 6.28. The molecule has 3 aromatic rings. The molecule has 0 spiro atoms. The van der Waals surface area contributed by atoms with Crippen LogP contribution in [-0.4, -0.2) is 27.3 Å². The fourth-order valence-electron chi connectivity index (χ4n) is 2.42. The maximum atomic E-state index is 4.70. The molecule has 27 heavy (non-hydrogen) atoms. The van der Waals surface area contributed by atoms with Crippen molar-refractivity contribution in [2.75, 3.05) is 6.54 Å². The Morgan fingerprint density at radius 2 is 2.00 bits per heavy atom. The number of aryl methyl sites for hydroxylation is 2. The first-order chi connectivity index (χ1) is 12.6. The van der Waals surface area contributed by atoms with Gasteiger partial charge in [0.1, 0.15) is 12.4 Å². The van der Waals surface area contributed by atoms with Gasteiger partial charge in [-0.1, -0.05) is 6.07 Å². The van der Waals surface area contributed by atoms with Crippen molar-refractivity contribution < 1.29 is 0 Å². The van der Waals surface area contributed by atoms with E-state index in [1.54, 1.807) is 22.7 Å². The van der Waals surface area contributed by atoms with Crippen molar-refractivity contribution >= 4 is 52.6 Å². The quantitative estimate of drug-likeness (QED) is 0.286. The second-order valence-electron chi connectivity index (χ2n) is 6.02. The van der Waals surface area contributed by atoms with E-state index in [0.717, 1.165) is 37.1 Å². The number of rotatable bonds is 7. The maximum Gasteiger partial charge on any atom is 0.192 e. The van der Waals surface area contributed by atoms with Crippen molar-refractivity contribution in [3.05, 3.63) is 55.9 Å². The summed E-state index contributed by atoms with van der Waals surface area (Å²) < 4.78 is 1.97. The lowest BCUT2D eigenvalue weighted by atomic mass is 10.3. The third-order valence-corrected chi connectivity index (χ3v) is 6.15. The number of thiophene rings is 2. The third-order valence-electron chi connectivity index (χ3n) is 4.19. The molecule has 3 rings (SSSR count). The lowest BCUT2D eigenvalue weighted by Gasteiger charge is -2.12. The highest BCUT2D eigenvalue weighted by molar-refractivity contribution is 14.0. The highest BCUT2D eigenvalue weighted by atomic mass is 127. The lowest BCUT2D eigenvalue weighted by Crippen LogP contribution is -2.38. The zero-order chi connectivity index (χ0) is 18.4. The summed E-state index contributed by atoms with van der Waals surface area (Å²) in [6.45, 7) is 6.18. The van der Waals surface area contributed by atoms with Gasteiger partial charge in [0.2, 0.25) is 0 Å². The molecule has 6 nitrogen and oxygen atoms in total. The molecule has 9 heteroatoms. The van der Waals surface area contributed by atoms with E-state index in [1.807, 2.05) is 18.5 Å². The van der Waals surface area contributed by atoms with Crippen molar-refractivity contribution in [1.82, 2.24) is 25.4 Å². The first-order valence-corrected chi connectivity index (χ1v) is 10.3. The number of hydrogen-bond donors (Lipinski definition) is 2. The molecule has 0 aromatic carbocycles. The van der Waals surface area contributed by atoms with Gasteiger partial charge in [-0.05, 0) is 48.7 Å². The molecule has 0 unspecified atom stereocenters. The van der Waals surface area contributed by atoms with E-state index in [9.17, 15) is 0 Å². The van der Waals surface area contributed by atoms with Gasteiger partial charge >= 0.3 is 0 Å². The van der Waals surface area contributed by atoms with Crippen LogP contribution in [0.15, 0.2) is 34.0 Å². The molecule has 3 heterocycles. The van der Waals surface area contributed by atoms with Crippen LogP contribution in [0.4, 0.5) is 0 Å². The molecule has 3 aromatic heterocycles. The second-order valence-corrected chi connectivity index (χ2v) is 8.06. The number of nitrogens with zero attached hydrogens (tertiary/aromatic N) is 4. The molecule has 0 saturated carbocycles. The van der Waals surface area contributed by atoms with E-state index in [2.05, 4.69) is 56.7 Å². The van der Waals surface area contributed by atoms with Crippen molar-refractivity contribution in [2.45, 2.75) is 33.4 Å². The Hall–Kier alpha value is -1.46. The first-order valence-electron chi connectivity index (χ1n) is 8.56. The molecule has 0 saturated heterocycles. The summed E-state index contributed by atoms with van der Waals surface area (Å²) >= 11 is 3.55. The van der Waals surface area contributed by atoms with E-state index < -0.39 is 0 Å². The molecule has 0 fully saturated rings. The Morgan fingerprint density at radius 1 is 1.15 bits per heavy atom. The molecule has 0 atom stereocenters. The number of halogens is 1. The Kier molecular flexibility index (Phi) is 8.71. The minimum Gasteiger partial charge on any atom is -0.356 e. The lowest BCUT2D eigenvalue weighted by molar-refractivity contribution is 0.750. The molecule has 0 aliphatic heterocycles. The zero-order valence-corrected chi connectivity index (χ0v) is 19.7. The van der Waals surface area contributed by atoms with Gasteiger partial charge < -0.3 is 15.2 Å². The fourth-order valence-corrected chi connectivity index (χ4v) is 3.98. The fraction of sp³-hybridized carbons (Fsp3) is 0.389. The Labute approximate surface area is 185 Å². The predicted octanol–water partition coefficient (Wildman–Crippen LogP) is 3.65. The number of guanidine groups is 1. The zero-order valence-electron chi connectivity index (χ0n) is 15.7. The van der Waals surface area contributed by atoms with Crippen LogP contribution in [0, 0.1) is 13.8 Å². The van der Waals surface area contributed by atoms with Gasteiger partial charge in [-0.15, -0.1) is 56.8 Å². The molecule has 0 aliphatic carbocycles. The van der Waals surface area contributed by atoms with Crippen LogP contribution in [-0.2, 0) is 26.6 Å². The van der Waals surface area contributed by atoms with Crippen molar-refractivity contribution in [3.63, 3.8) is 0 Å². The SMILES string of the molecule is Cc1ccsc1CNC(=NCc1nnc(C)n1C)NCCc1cccs1.I. The van der Waals surface area contributed by atoms with Crippen LogP contribution >= 0.6 is 46.7 Å². The van der Waals surface area contributed by atoms with E-state index in [1.165, 1.54) is 15.3 Å². The minimum absolute atomic E-state index is 0. The van der Waals surface area contributed by atoms with Gasteiger partial charge in [0, 0.05) is 23.3 Å². The molecular weight excluding hydrogens is 491 g/mol. The minimum atomic E-state index is 0. The van der Waals surface area contributed by atoms with E-state index in [4.69, 9.17) is 4.99 Å². The van der Waals surface area contributed by atoms with Crippen molar-refractivity contribution in [1.29, 1.82) is 0 Å². The number of nitrogens with one attached hydrogen (secondary N) is 2. The van der Waals surface area contributed by atoms with Crippen molar-refractivity contribution in [3.8, 4) is 0 Å². The Morgan fingerprint density at radius 3 is 2.63 bits per heavy atom. The summed E-state index contributed by atoms with van der Waals surface area (Å²) in [5.41, 5.74) is 1.31. The first kappa shape index (κ1) is 21.8. The molecule has 0 bridgehead atoms. The number of aromatic nitrogens is 3. The Bertz CT molecular complexity index is 853. The van der Waals surface area contributed by atoms with Gasteiger partial charge in [0.05, 0.1) is 6.54 Å². The summed E-state index contributed by atoms with van der Waals surface area (Å²) in [5.74, 6) is 2.55. The summed E-state index contributed by atoms with van der Waals surface area (Å²) in [4.78, 5) is 7.39. The summed E-state index contributed by atoms with van der Waals surface area (Å²) in [7, 11) is 1.96. The average molecular weight is 516 g/mol. The van der Waals surface area contributed by atoms with Crippen LogP contribution in [0.1, 0.15) is 27.0 Å². The van der Waals surface area contributed by atoms with E-state index in [0.29, 0.717) is 6.54 Å². The smallest absolute Gasteiger partial charge is 0.192 e. The van der Waals surface area contributed by atoms with E-state index in [-0.39, 0.29) is 24.0 Å². The monoisotopic (exact) mass is 516 g/mol. The highest BCUT2D eigenvalue weighted by Crippen LogP contribution is 2.14. The molecule has 146 valence electrons. The largest absolute Gasteiger partial charge is 0.356 e. The van der Waals surface area contributed by atoms with Gasteiger partial charge in [-0.3, -0.25) is 0 Å². The van der Waals surface area contributed by atoms with E-state index >= 15 is 0 Å². The van der Waals surface area contributed by atoms with Gasteiger partial charge in [0.15, 0.2) is 11.8 Å². The molecule has 0 aliphatic rings. The topological polar surface area (TPSA) is 67.1 Å². The maximum absolute atomic E-state index is 4.70. The number of hydrogen-bond acceptors (Lipinski definition) is 5.